The number of nitrogens with one attached hydrogen (secondary N) is 2. The van der Waals surface area contributed by atoms with Gasteiger partial charge in [0.25, 0.3) is 0 Å². The minimum atomic E-state index is 0.130. The summed E-state index contributed by atoms with van der Waals surface area (Å²) in [6.45, 7) is 6.87. The fourth-order valence-corrected chi connectivity index (χ4v) is 1.66. The predicted molar refractivity (Wildman–Crippen MR) is 58.1 cm³/mol. The van der Waals surface area contributed by atoms with Crippen molar-refractivity contribution in [3.05, 3.63) is 0 Å². The van der Waals surface area contributed by atoms with Crippen molar-refractivity contribution in [2.45, 2.75) is 52.1 Å². The van der Waals surface area contributed by atoms with E-state index >= 15 is 0 Å². The monoisotopic (exact) mass is 198 g/mol. The van der Waals surface area contributed by atoms with Gasteiger partial charge in [-0.15, -0.1) is 0 Å². The molecule has 1 aliphatic carbocycles. The Morgan fingerprint density at radius 3 is 2.71 bits per heavy atom. The van der Waals surface area contributed by atoms with Gasteiger partial charge >= 0.3 is 0 Å². The lowest BCUT2D eigenvalue weighted by molar-refractivity contribution is -0.120. The summed E-state index contributed by atoms with van der Waals surface area (Å²) in [6.07, 6.45) is 3.40. The zero-order chi connectivity index (χ0) is 10.6. The van der Waals surface area contributed by atoms with E-state index in [1.54, 1.807) is 0 Å². The van der Waals surface area contributed by atoms with Gasteiger partial charge in [-0.2, -0.15) is 0 Å². The Morgan fingerprint density at radius 1 is 1.57 bits per heavy atom. The first kappa shape index (κ1) is 11.5. The van der Waals surface area contributed by atoms with Crippen molar-refractivity contribution in [3.8, 4) is 0 Å². The zero-order valence-corrected chi connectivity index (χ0v) is 9.47. The standard InChI is InChI=1S/C11H22N2O/c1-4-5-9(3)13-11(14)7-12-10-6-8(10)2/h8-10,12H,4-7H2,1-3H3,(H,13,14). The maximum Gasteiger partial charge on any atom is 0.234 e. The molecule has 3 unspecified atom stereocenters. The molecule has 1 fully saturated rings. The Morgan fingerprint density at radius 2 is 2.21 bits per heavy atom. The van der Waals surface area contributed by atoms with Crippen molar-refractivity contribution in [1.29, 1.82) is 0 Å². The van der Waals surface area contributed by atoms with Crippen molar-refractivity contribution < 1.29 is 4.79 Å². The van der Waals surface area contributed by atoms with Gasteiger partial charge in [0.15, 0.2) is 0 Å². The summed E-state index contributed by atoms with van der Waals surface area (Å²) in [5, 5.41) is 6.22. The van der Waals surface area contributed by atoms with Crippen molar-refractivity contribution >= 4 is 5.91 Å². The molecule has 2 N–H and O–H groups in total. The Kier molecular flexibility index (Phi) is 4.39. The molecule has 0 aromatic heterocycles. The third kappa shape index (κ3) is 4.09. The average Bonchev–Trinajstić information content (AvgIpc) is 2.79. The lowest BCUT2D eigenvalue weighted by Gasteiger charge is -2.12. The molecule has 1 amide bonds. The number of carbonyl (C=O) groups excluding carboxylic acids is 1. The number of hydrogen-bond donors (Lipinski definition) is 2. The van der Waals surface area contributed by atoms with Crippen LogP contribution in [-0.2, 0) is 4.79 Å². The minimum absolute atomic E-state index is 0.130. The van der Waals surface area contributed by atoms with Gasteiger partial charge in [-0.1, -0.05) is 20.3 Å². The lowest BCUT2D eigenvalue weighted by Crippen LogP contribution is -2.39. The van der Waals surface area contributed by atoms with E-state index in [1.807, 2.05) is 0 Å². The molecule has 1 rings (SSSR count). The highest BCUT2D eigenvalue weighted by atomic mass is 16.1. The van der Waals surface area contributed by atoms with Crippen LogP contribution in [0.3, 0.4) is 0 Å². The molecule has 14 heavy (non-hydrogen) atoms. The summed E-state index contributed by atoms with van der Waals surface area (Å²) < 4.78 is 0. The first-order valence-electron chi connectivity index (χ1n) is 5.66. The molecule has 3 heteroatoms. The van der Waals surface area contributed by atoms with E-state index in [1.165, 1.54) is 6.42 Å². The Labute approximate surface area is 86.6 Å². The number of carbonyl (C=O) groups is 1. The quantitative estimate of drug-likeness (QED) is 0.675. The number of rotatable bonds is 6. The highest BCUT2D eigenvalue weighted by Crippen LogP contribution is 2.28. The zero-order valence-electron chi connectivity index (χ0n) is 9.47. The first-order valence-corrected chi connectivity index (χ1v) is 5.66. The molecule has 0 aromatic rings. The highest BCUT2D eigenvalue weighted by Gasteiger charge is 2.32. The predicted octanol–water partition coefficient (Wildman–Crippen LogP) is 1.29. The maximum atomic E-state index is 11.4. The van der Waals surface area contributed by atoms with Crippen LogP contribution in [0.1, 0.15) is 40.0 Å². The van der Waals surface area contributed by atoms with Gasteiger partial charge in [-0.3, -0.25) is 4.79 Å². The average molecular weight is 198 g/mol. The largest absolute Gasteiger partial charge is 0.353 e. The van der Waals surface area contributed by atoms with Crippen LogP contribution in [0.15, 0.2) is 0 Å². The molecule has 0 radical (unpaired) electrons. The molecular formula is C11H22N2O. The number of hydrogen-bond acceptors (Lipinski definition) is 2. The van der Waals surface area contributed by atoms with E-state index in [-0.39, 0.29) is 5.91 Å². The van der Waals surface area contributed by atoms with Gasteiger partial charge in [0.2, 0.25) is 5.91 Å². The topological polar surface area (TPSA) is 41.1 Å². The van der Waals surface area contributed by atoms with Crippen LogP contribution in [0.25, 0.3) is 0 Å². The normalized spacial score (nSPS) is 27.1. The van der Waals surface area contributed by atoms with E-state index < -0.39 is 0 Å². The van der Waals surface area contributed by atoms with Crippen molar-refractivity contribution in [2.75, 3.05) is 6.54 Å². The molecule has 1 aliphatic rings. The van der Waals surface area contributed by atoms with Gasteiger partial charge in [0.1, 0.15) is 0 Å². The molecule has 0 aliphatic heterocycles. The van der Waals surface area contributed by atoms with Gasteiger partial charge < -0.3 is 10.6 Å². The molecule has 0 heterocycles. The molecule has 82 valence electrons. The van der Waals surface area contributed by atoms with E-state index in [9.17, 15) is 4.79 Å². The maximum absolute atomic E-state index is 11.4. The fraction of sp³-hybridized carbons (Fsp3) is 0.909. The molecular weight excluding hydrogens is 176 g/mol. The second-order valence-electron chi connectivity index (χ2n) is 4.46. The van der Waals surface area contributed by atoms with E-state index in [0.29, 0.717) is 18.6 Å². The molecule has 0 saturated heterocycles. The van der Waals surface area contributed by atoms with Crippen LogP contribution in [0, 0.1) is 5.92 Å². The highest BCUT2D eigenvalue weighted by molar-refractivity contribution is 5.78. The number of amides is 1. The molecule has 0 bridgehead atoms. The molecule has 0 spiro atoms. The molecule has 1 saturated carbocycles. The van der Waals surface area contributed by atoms with Gasteiger partial charge in [-0.25, -0.2) is 0 Å². The fourth-order valence-electron chi connectivity index (χ4n) is 1.66. The van der Waals surface area contributed by atoms with Crippen molar-refractivity contribution in [3.63, 3.8) is 0 Å². The van der Waals surface area contributed by atoms with Crippen LogP contribution >= 0.6 is 0 Å². The molecule has 3 atom stereocenters. The molecule has 0 aromatic carbocycles. The van der Waals surface area contributed by atoms with Crippen LogP contribution in [0.4, 0.5) is 0 Å². The van der Waals surface area contributed by atoms with E-state index in [2.05, 4.69) is 31.4 Å². The summed E-state index contributed by atoms with van der Waals surface area (Å²) >= 11 is 0. The second kappa shape index (κ2) is 5.35. The van der Waals surface area contributed by atoms with Crippen LogP contribution in [0.5, 0.6) is 0 Å². The summed E-state index contributed by atoms with van der Waals surface area (Å²) in [5.74, 6) is 0.890. The summed E-state index contributed by atoms with van der Waals surface area (Å²) in [6, 6.07) is 0.896. The minimum Gasteiger partial charge on any atom is -0.353 e. The second-order valence-corrected chi connectivity index (χ2v) is 4.46. The summed E-state index contributed by atoms with van der Waals surface area (Å²) in [5.41, 5.74) is 0. The SMILES string of the molecule is CCCC(C)NC(=O)CNC1CC1C. The summed E-state index contributed by atoms with van der Waals surface area (Å²) in [4.78, 5) is 11.4. The van der Waals surface area contributed by atoms with Crippen LogP contribution < -0.4 is 10.6 Å². The lowest BCUT2D eigenvalue weighted by atomic mass is 10.2. The van der Waals surface area contributed by atoms with Crippen LogP contribution in [0.2, 0.25) is 0 Å². The van der Waals surface area contributed by atoms with E-state index in [0.717, 1.165) is 18.8 Å². The third-order valence-corrected chi connectivity index (χ3v) is 2.76. The molecule has 3 nitrogen and oxygen atoms in total. The Bertz CT molecular complexity index is 194. The van der Waals surface area contributed by atoms with Gasteiger partial charge in [-0.05, 0) is 25.7 Å². The Balaban J connectivity index is 2.03. The van der Waals surface area contributed by atoms with Crippen molar-refractivity contribution in [2.24, 2.45) is 5.92 Å². The first-order chi connectivity index (χ1) is 6.63. The van der Waals surface area contributed by atoms with Crippen molar-refractivity contribution in [1.82, 2.24) is 10.6 Å². The van der Waals surface area contributed by atoms with E-state index in [4.69, 9.17) is 0 Å². The third-order valence-electron chi connectivity index (χ3n) is 2.76. The Hall–Kier alpha value is -0.570. The smallest absolute Gasteiger partial charge is 0.234 e. The van der Waals surface area contributed by atoms with Crippen LogP contribution in [-0.4, -0.2) is 24.5 Å². The summed E-state index contributed by atoms with van der Waals surface area (Å²) in [7, 11) is 0. The van der Waals surface area contributed by atoms with Gasteiger partial charge in [0.05, 0.1) is 6.54 Å². The van der Waals surface area contributed by atoms with Gasteiger partial charge in [0, 0.05) is 12.1 Å².